The Morgan fingerprint density at radius 2 is 1.75 bits per heavy atom. The van der Waals surface area contributed by atoms with Crippen molar-refractivity contribution in [3.8, 4) is 6.07 Å². The van der Waals surface area contributed by atoms with Crippen LogP contribution in [0.2, 0.25) is 10.0 Å². The number of piperidine rings is 1. The molecule has 8 nitrogen and oxygen atoms in total. The molecule has 0 aromatic heterocycles. The van der Waals surface area contributed by atoms with E-state index in [9.17, 15) is 28.4 Å². The number of nitriles is 1. The van der Waals surface area contributed by atoms with Gasteiger partial charge < -0.3 is 10.0 Å². The van der Waals surface area contributed by atoms with Crippen molar-refractivity contribution in [3.05, 3.63) is 99.5 Å². The Bertz CT molecular complexity index is 1720. The van der Waals surface area contributed by atoms with Crippen LogP contribution in [-0.2, 0) is 19.6 Å². The summed E-state index contributed by atoms with van der Waals surface area (Å²) in [4.78, 5) is 28.6. The Balaban J connectivity index is 1.72. The van der Waals surface area contributed by atoms with Gasteiger partial charge in [0.15, 0.2) is 0 Å². The summed E-state index contributed by atoms with van der Waals surface area (Å²) in [5.41, 5.74) is 0.777. The number of nitrogens with zero attached hydrogens (tertiary/aromatic N) is 3. The number of anilines is 1. The molecule has 4 atom stereocenters. The minimum atomic E-state index is -3.90. The molecule has 1 aliphatic carbocycles. The summed E-state index contributed by atoms with van der Waals surface area (Å²) in [6.45, 7) is 1.58. The van der Waals surface area contributed by atoms with Crippen LogP contribution in [0.1, 0.15) is 61.3 Å². The molecular formula is C33H33Cl2N3O5S. The summed E-state index contributed by atoms with van der Waals surface area (Å²) in [6.07, 6.45) is 2.49. The number of carbonyl (C=O) groups is 2. The molecule has 1 heterocycles. The quantitative estimate of drug-likeness (QED) is 0.262. The van der Waals surface area contributed by atoms with Crippen molar-refractivity contribution in [3.63, 3.8) is 0 Å². The van der Waals surface area contributed by atoms with Crippen LogP contribution in [0.15, 0.2) is 72.8 Å². The van der Waals surface area contributed by atoms with Gasteiger partial charge in [-0.25, -0.2) is 8.42 Å². The molecule has 1 aliphatic heterocycles. The number of benzene rings is 3. The van der Waals surface area contributed by atoms with Crippen molar-refractivity contribution in [2.24, 2.45) is 11.3 Å². The number of rotatable bonds is 10. The summed E-state index contributed by atoms with van der Waals surface area (Å²) in [6, 6.07) is 21.9. The lowest BCUT2D eigenvalue weighted by molar-refractivity contribution is -0.160. The first-order valence-corrected chi connectivity index (χ1v) is 16.9. The Labute approximate surface area is 267 Å². The molecule has 230 valence electrons. The second kappa shape index (κ2) is 12.4. The number of para-hydroxylation sites is 1. The third-order valence-corrected chi connectivity index (χ3v) is 10.3. The van der Waals surface area contributed by atoms with Crippen molar-refractivity contribution in [1.29, 1.82) is 5.26 Å². The highest BCUT2D eigenvalue weighted by molar-refractivity contribution is 7.92. The molecule has 1 saturated heterocycles. The van der Waals surface area contributed by atoms with Crippen LogP contribution in [0.3, 0.4) is 0 Å². The number of carboxylic acid groups (broad SMARTS) is 1. The summed E-state index contributed by atoms with van der Waals surface area (Å²) < 4.78 is 27.9. The van der Waals surface area contributed by atoms with Crippen molar-refractivity contribution in [1.82, 2.24) is 4.90 Å². The second-order valence-electron chi connectivity index (χ2n) is 12.0. The van der Waals surface area contributed by atoms with Gasteiger partial charge in [0.2, 0.25) is 15.9 Å². The van der Waals surface area contributed by atoms with Gasteiger partial charge in [-0.05, 0) is 72.7 Å². The van der Waals surface area contributed by atoms with E-state index in [0.29, 0.717) is 10.0 Å². The molecule has 0 radical (unpaired) electrons. The molecule has 3 aromatic carbocycles. The zero-order valence-electron chi connectivity index (χ0n) is 24.4. The van der Waals surface area contributed by atoms with E-state index in [-0.39, 0.29) is 42.0 Å². The molecule has 2 fully saturated rings. The lowest BCUT2D eigenvalue weighted by atomic mass is 9.67. The van der Waals surface area contributed by atoms with Crippen LogP contribution >= 0.6 is 23.2 Å². The number of sulfonamides is 1. The van der Waals surface area contributed by atoms with E-state index in [1.807, 2.05) is 30.3 Å². The molecule has 1 N–H and O–H groups in total. The molecule has 11 heteroatoms. The van der Waals surface area contributed by atoms with Gasteiger partial charge in [0, 0.05) is 16.0 Å². The van der Waals surface area contributed by atoms with Crippen molar-refractivity contribution < 1.29 is 23.1 Å². The van der Waals surface area contributed by atoms with E-state index >= 15 is 0 Å². The summed E-state index contributed by atoms with van der Waals surface area (Å²) in [7, 11) is -3.90. The van der Waals surface area contributed by atoms with Crippen molar-refractivity contribution >= 4 is 50.8 Å². The smallest absolute Gasteiger partial charge is 0.304 e. The standard InChI is InChI=1S/C33H33Cl2N3O5S/c1-33(18-30(39)40)17-27(23-7-5-8-26(35)16-23)31(22-12-14-25(34)15-13-22)38(32(33)41)29(21-10-11-21)20-37(44(2,42)43)28-9-4-3-6-24(28)19-36/h3-9,12-16,21,27,29,31H,10-11,17-18,20H2,1-2H3,(H,39,40)/t27?,29-,31?,33-/m1/s1. The van der Waals surface area contributed by atoms with Crippen LogP contribution in [0.4, 0.5) is 5.69 Å². The van der Waals surface area contributed by atoms with Gasteiger partial charge in [-0.1, -0.05) is 66.5 Å². The number of halogens is 2. The predicted molar refractivity (Wildman–Crippen MR) is 170 cm³/mol. The first-order chi connectivity index (χ1) is 20.8. The van der Waals surface area contributed by atoms with Gasteiger partial charge in [-0.3, -0.25) is 13.9 Å². The van der Waals surface area contributed by atoms with Crippen LogP contribution < -0.4 is 4.31 Å². The zero-order chi connectivity index (χ0) is 31.8. The Hall–Kier alpha value is -3.58. The van der Waals surface area contributed by atoms with Crippen LogP contribution in [0, 0.1) is 22.7 Å². The van der Waals surface area contributed by atoms with Gasteiger partial charge in [0.25, 0.3) is 0 Å². The first-order valence-electron chi connectivity index (χ1n) is 14.3. The Morgan fingerprint density at radius 3 is 2.34 bits per heavy atom. The fraction of sp³-hybridized carbons (Fsp3) is 0.364. The molecule has 5 rings (SSSR count). The molecule has 3 aromatic rings. The number of aliphatic carboxylic acids is 1. The van der Waals surface area contributed by atoms with E-state index in [1.165, 1.54) is 4.31 Å². The molecule has 0 spiro atoms. The fourth-order valence-corrected chi connectivity index (χ4v) is 7.82. The number of hydrogen-bond acceptors (Lipinski definition) is 5. The topological polar surface area (TPSA) is 119 Å². The molecule has 1 saturated carbocycles. The normalized spacial score (nSPS) is 22.7. The minimum Gasteiger partial charge on any atom is -0.481 e. The van der Waals surface area contributed by atoms with E-state index in [2.05, 4.69) is 6.07 Å². The molecular weight excluding hydrogens is 621 g/mol. The van der Waals surface area contributed by atoms with E-state index < -0.39 is 39.9 Å². The maximum atomic E-state index is 14.7. The average Bonchev–Trinajstić information content (AvgIpc) is 3.80. The molecule has 2 unspecified atom stereocenters. The Morgan fingerprint density at radius 1 is 1.07 bits per heavy atom. The average molecular weight is 655 g/mol. The first kappa shape index (κ1) is 31.8. The number of carboxylic acids is 1. The number of likely N-dealkylation sites (tertiary alicyclic amines) is 1. The highest BCUT2D eigenvalue weighted by Gasteiger charge is 2.55. The number of carbonyl (C=O) groups excluding carboxylic acids is 1. The van der Waals surface area contributed by atoms with Crippen molar-refractivity contribution in [2.75, 3.05) is 17.1 Å². The van der Waals surface area contributed by atoms with Gasteiger partial charge in [0.05, 0.1) is 48.0 Å². The van der Waals surface area contributed by atoms with Crippen LogP contribution in [0.5, 0.6) is 0 Å². The number of amides is 1. The summed E-state index contributed by atoms with van der Waals surface area (Å²) in [5, 5.41) is 20.8. The molecule has 1 amide bonds. The highest BCUT2D eigenvalue weighted by Crippen LogP contribution is 2.54. The zero-order valence-corrected chi connectivity index (χ0v) is 26.7. The maximum Gasteiger partial charge on any atom is 0.304 e. The summed E-state index contributed by atoms with van der Waals surface area (Å²) >= 11 is 12.7. The monoisotopic (exact) mass is 653 g/mol. The summed E-state index contributed by atoms with van der Waals surface area (Å²) in [5.74, 6) is -1.84. The second-order valence-corrected chi connectivity index (χ2v) is 14.8. The fourth-order valence-electron chi connectivity index (χ4n) is 6.56. The Kier molecular flexibility index (Phi) is 8.99. The van der Waals surface area contributed by atoms with E-state index in [0.717, 1.165) is 30.2 Å². The van der Waals surface area contributed by atoms with Gasteiger partial charge in [-0.15, -0.1) is 0 Å². The third kappa shape index (κ3) is 6.58. The van der Waals surface area contributed by atoms with Gasteiger partial charge in [-0.2, -0.15) is 5.26 Å². The highest BCUT2D eigenvalue weighted by atomic mass is 35.5. The molecule has 0 bridgehead atoms. The molecule has 2 aliphatic rings. The minimum absolute atomic E-state index is 0.0283. The van der Waals surface area contributed by atoms with Crippen molar-refractivity contribution in [2.45, 2.75) is 50.6 Å². The number of hydrogen-bond donors (Lipinski definition) is 1. The van der Waals surface area contributed by atoms with E-state index in [4.69, 9.17) is 23.2 Å². The predicted octanol–water partition coefficient (Wildman–Crippen LogP) is 6.65. The van der Waals surface area contributed by atoms with Gasteiger partial charge >= 0.3 is 5.97 Å². The van der Waals surface area contributed by atoms with Crippen LogP contribution in [0.25, 0.3) is 0 Å². The largest absolute Gasteiger partial charge is 0.481 e. The van der Waals surface area contributed by atoms with E-state index in [1.54, 1.807) is 54.3 Å². The third-order valence-electron chi connectivity index (χ3n) is 8.70. The maximum absolute atomic E-state index is 14.7. The molecule has 44 heavy (non-hydrogen) atoms. The lowest BCUT2D eigenvalue weighted by Gasteiger charge is -2.52. The van der Waals surface area contributed by atoms with Gasteiger partial charge in [0.1, 0.15) is 6.07 Å². The lowest BCUT2D eigenvalue weighted by Crippen LogP contribution is -2.59. The SMILES string of the molecule is C[C@]1(CC(=O)O)CC(c2cccc(Cl)c2)C(c2ccc(Cl)cc2)N([C@H](CN(c2ccccc2C#N)S(C)(=O)=O)C2CC2)C1=O. The van der Waals surface area contributed by atoms with Crippen LogP contribution in [-0.4, -0.2) is 49.1 Å².